The number of carbonyl (C=O) groups excluding carboxylic acids is 1. The number of phenols is 3. The predicted molar refractivity (Wildman–Crippen MR) is 184 cm³/mol. The normalized spacial score (nSPS) is 30.0. The number of benzene rings is 3. The third-order valence-electron chi connectivity index (χ3n) is 11.7. The van der Waals surface area contributed by atoms with Gasteiger partial charge in [-0.05, 0) is 61.1 Å². The zero-order valence-corrected chi connectivity index (χ0v) is 29.3. The Morgan fingerprint density at radius 1 is 1.02 bits per heavy atom. The van der Waals surface area contributed by atoms with Crippen molar-refractivity contribution in [2.75, 3.05) is 39.9 Å². The van der Waals surface area contributed by atoms with Crippen LogP contribution in [0.25, 0.3) is 0 Å². The van der Waals surface area contributed by atoms with Crippen LogP contribution in [0.2, 0.25) is 0 Å². The maximum Gasteiger partial charge on any atom is 0.331 e. The van der Waals surface area contributed by atoms with Gasteiger partial charge in [0.25, 0.3) is 0 Å². The lowest BCUT2D eigenvalue weighted by Crippen LogP contribution is -2.69. The lowest BCUT2D eigenvalue weighted by Gasteiger charge is -2.59. The minimum Gasteiger partial charge on any atom is -0.507 e. The molecule has 0 saturated carbocycles. The number of rotatable bonds is 2. The van der Waals surface area contributed by atoms with Gasteiger partial charge in [-0.25, -0.2) is 4.79 Å². The molecule has 0 aliphatic carbocycles. The van der Waals surface area contributed by atoms with Crippen LogP contribution in [-0.2, 0) is 27.9 Å². The van der Waals surface area contributed by atoms with Crippen LogP contribution in [0.15, 0.2) is 18.2 Å². The summed E-state index contributed by atoms with van der Waals surface area (Å²) < 4.78 is 29.5. The zero-order chi connectivity index (χ0) is 35.5. The Balaban J connectivity index is 1.29. The summed E-state index contributed by atoms with van der Waals surface area (Å²) in [5, 5.41) is 52.2. The number of carbonyl (C=O) groups is 1. The number of nitrogens with one attached hydrogen (secondary N) is 2. The monoisotopic (exact) mass is 714 g/mol. The summed E-state index contributed by atoms with van der Waals surface area (Å²) in [6.45, 7) is 3.95. The number of nitriles is 1. The molecule has 3 aromatic rings. The molecule has 3 unspecified atom stereocenters. The molecule has 7 heterocycles. The van der Waals surface area contributed by atoms with Gasteiger partial charge in [0.1, 0.15) is 18.4 Å². The minimum atomic E-state index is -1.32. The third-order valence-corrected chi connectivity index (χ3v) is 13.2. The Morgan fingerprint density at radius 2 is 1.82 bits per heavy atom. The lowest BCUT2D eigenvalue weighted by molar-refractivity contribution is -0.155. The molecule has 7 aliphatic rings. The number of piperazine rings is 1. The van der Waals surface area contributed by atoms with Crippen LogP contribution in [-0.4, -0.2) is 84.2 Å². The highest BCUT2D eigenvalue weighted by molar-refractivity contribution is 7.99. The smallest absolute Gasteiger partial charge is 0.331 e. The van der Waals surface area contributed by atoms with Gasteiger partial charge in [-0.1, -0.05) is 6.07 Å². The molecule has 3 aromatic carbocycles. The van der Waals surface area contributed by atoms with Crippen LogP contribution >= 0.6 is 11.8 Å². The first-order valence-corrected chi connectivity index (χ1v) is 18.1. The molecule has 266 valence electrons. The van der Waals surface area contributed by atoms with Crippen molar-refractivity contribution in [1.82, 2.24) is 15.5 Å². The summed E-state index contributed by atoms with van der Waals surface area (Å²) in [7, 11) is 3.00. The second-order valence-corrected chi connectivity index (χ2v) is 15.2. The molecule has 4 bridgehead atoms. The first-order valence-electron chi connectivity index (χ1n) is 17.0. The Labute approximate surface area is 298 Å². The molecule has 0 radical (unpaired) electrons. The Hall–Kier alpha value is -4.55. The molecule has 10 rings (SSSR count). The second-order valence-electron chi connectivity index (χ2n) is 14.1. The Bertz CT molecular complexity index is 2070. The third kappa shape index (κ3) is 4.29. The number of hydrogen-bond acceptors (Lipinski definition) is 14. The van der Waals surface area contributed by atoms with E-state index in [-0.39, 0.29) is 48.2 Å². The van der Waals surface area contributed by atoms with Gasteiger partial charge in [-0.15, -0.1) is 11.8 Å². The number of phenolic OH excluding ortho intramolecular Hbond substituents is 3. The second kappa shape index (κ2) is 11.5. The van der Waals surface area contributed by atoms with Gasteiger partial charge in [-0.3, -0.25) is 10.2 Å². The number of esters is 1. The molecule has 0 amide bonds. The van der Waals surface area contributed by atoms with Gasteiger partial charge in [0.15, 0.2) is 40.0 Å². The van der Waals surface area contributed by atoms with Crippen molar-refractivity contribution in [1.29, 1.82) is 5.26 Å². The van der Waals surface area contributed by atoms with Gasteiger partial charge < -0.3 is 44.3 Å². The summed E-state index contributed by atoms with van der Waals surface area (Å²) in [5.41, 5.74) is 4.35. The van der Waals surface area contributed by atoms with Gasteiger partial charge in [0.2, 0.25) is 6.79 Å². The van der Waals surface area contributed by atoms with E-state index in [1.165, 1.54) is 26.0 Å². The maximum absolute atomic E-state index is 14.6. The van der Waals surface area contributed by atoms with Crippen molar-refractivity contribution in [3.05, 3.63) is 62.7 Å². The molecular formula is C37H38N4O9S. The van der Waals surface area contributed by atoms with E-state index in [0.29, 0.717) is 64.5 Å². The number of aryl methyl sites for hydroxylation is 1. The number of thioether (sulfide) groups is 1. The number of nitrogens with zero attached hydrogens (tertiary/aromatic N) is 2. The van der Waals surface area contributed by atoms with Crippen molar-refractivity contribution in [3.63, 3.8) is 0 Å². The quantitative estimate of drug-likeness (QED) is 0.244. The Kier molecular flexibility index (Phi) is 7.28. The molecule has 13 nitrogen and oxygen atoms in total. The number of ether oxygens (including phenoxy) is 5. The minimum absolute atomic E-state index is 0.0129. The van der Waals surface area contributed by atoms with Crippen LogP contribution in [0, 0.1) is 25.2 Å². The van der Waals surface area contributed by atoms with Crippen LogP contribution in [0.3, 0.4) is 0 Å². The number of fused-ring (bicyclic) bond motifs is 9. The fourth-order valence-corrected chi connectivity index (χ4v) is 11.2. The van der Waals surface area contributed by atoms with E-state index in [2.05, 4.69) is 21.6 Å². The van der Waals surface area contributed by atoms with Gasteiger partial charge >= 0.3 is 5.97 Å². The van der Waals surface area contributed by atoms with Gasteiger partial charge in [0.05, 0.1) is 37.6 Å². The first kappa shape index (κ1) is 32.4. The van der Waals surface area contributed by atoms with Crippen molar-refractivity contribution in [2.24, 2.45) is 0 Å². The van der Waals surface area contributed by atoms with Crippen molar-refractivity contribution in [3.8, 4) is 46.3 Å². The molecule has 5 N–H and O–H groups in total. The van der Waals surface area contributed by atoms with E-state index < -0.39 is 40.9 Å². The summed E-state index contributed by atoms with van der Waals surface area (Å²) in [6, 6.07) is 5.25. The highest BCUT2D eigenvalue weighted by Crippen LogP contribution is 2.63. The van der Waals surface area contributed by atoms with Crippen LogP contribution < -0.4 is 29.6 Å². The van der Waals surface area contributed by atoms with E-state index in [1.54, 1.807) is 19.1 Å². The molecule has 14 heteroatoms. The Morgan fingerprint density at radius 3 is 2.59 bits per heavy atom. The van der Waals surface area contributed by atoms with E-state index >= 15 is 0 Å². The molecule has 1 spiro atoms. The molecule has 7 aliphatic heterocycles. The van der Waals surface area contributed by atoms with Gasteiger partial charge in [-0.2, -0.15) is 5.26 Å². The maximum atomic E-state index is 14.6. The average Bonchev–Trinajstić information content (AvgIpc) is 3.61. The van der Waals surface area contributed by atoms with E-state index in [0.717, 1.165) is 16.7 Å². The van der Waals surface area contributed by atoms with E-state index in [9.17, 15) is 25.4 Å². The standard InChI is InChI=1S/C37H38N4O9S/c1-15-7-18-8-20-21(11-38)41-22-12-48-36(45)37(19-10-24(46-3)23(42)9-17(19)5-6-39-37)13-51-35(29(41)28(40-20)25(18)31(44)32(15)47-4)27-26(22)34-33(49-14-50-34)16(2)30(27)43/h7,9-10,20-22,28-29,35,39-40,42-44H,5-6,8,12-14H2,1-4H3/t20?,21-,22-,28?,29?,35+,37+/m0/s1. The van der Waals surface area contributed by atoms with Crippen LogP contribution in [0.1, 0.15) is 61.8 Å². The fourth-order valence-electron chi connectivity index (χ4n) is 9.53. The summed E-state index contributed by atoms with van der Waals surface area (Å²) in [5.74, 6) is 1.29. The summed E-state index contributed by atoms with van der Waals surface area (Å²) in [4.78, 5) is 16.7. The number of hydrogen-bond donors (Lipinski definition) is 5. The first-order chi connectivity index (χ1) is 24.6. The molecule has 51 heavy (non-hydrogen) atoms. The van der Waals surface area contributed by atoms with E-state index in [1.807, 2.05) is 13.0 Å². The zero-order valence-electron chi connectivity index (χ0n) is 28.5. The largest absolute Gasteiger partial charge is 0.507 e. The fraction of sp³-hybridized carbons (Fsp3) is 0.459. The highest BCUT2D eigenvalue weighted by atomic mass is 32.2. The van der Waals surface area contributed by atoms with Crippen LogP contribution in [0.4, 0.5) is 0 Å². The molecular weight excluding hydrogens is 676 g/mol. The average molecular weight is 715 g/mol. The topological polar surface area (TPSA) is 175 Å². The molecule has 2 saturated heterocycles. The molecule has 7 atom stereocenters. The highest BCUT2D eigenvalue weighted by Gasteiger charge is 2.60. The number of aromatic hydroxyl groups is 3. The van der Waals surface area contributed by atoms with Crippen molar-refractivity contribution < 1.29 is 43.8 Å². The SMILES string of the molecule is COc1cc2c(cc1O)CCN[C@]21CS[C@@H]2c3c(O)c(C)c4c(c3[C@H](COC1=O)N1C2C2NC(Cc3cc(C)c(OC)c(O)c32)[C@@H]1C#N)OCO4. The predicted octanol–water partition coefficient (Wildman–Crippen LogP) is 3.43. The summed E-state index contributed by atoms with van der Waals surface area (Å²) in [6.07, 6.45) is 1.06. The van der Waals surface area contributed by atoms with Crippen LogP contribution in [0.5, 0.6) is 40.2 Å². The van der Waals surface area contributed by atoms with Crippen molar-refractivity contribution in [2.45, 2.75) is 67.7 Å². The number of methoxy groups -OCH3 is 2. The summed E-state index contributed by atoms with van der Waals surface area (Å²) >= 11 is 1.47. The lowest BCUT2D eigenvalue weighted by atomic mass is 9.72. The van der Waals surface area contributed by atoms with Crippen molar-refractivity contribution >= 4 is 17.7 Å². The molecule has 0 aromatic heterocycles. The molecule has 2 fully saturated rings. The van der Waals surface area contributed by atoms with Gasteiger partial charge in [0, 0.05) is 46.6 Å². The van der Waals surface area contributed by atoms with E-state index in [4.69, 9.17) is 23.7 Å².